The Balaban J connectivity index is 1.43. The van der Waals surface area contributed by atoms with Gasteiger partial charge in [-0.05, 0) is 65.8 Å². The lowest BCUT2D eigenvalue weighted by molar-refractivity contribution is 0.00566. The number of aryl methyl sites for hydroxylation is 2. The Hall–Kier alpha value is -3.92. The molecule has 2 aromatic heterocycles. The Morgan fingerprint density at radius 3 is 2.50 bits per heavy atom. The van der Waals surface area contributed by atoms with Crippen LogP contribution in [0.2, 0.25) is 0 Å². The van der Waals surface area contributed by atoms with Crippen LogP contribution in [0.25, 0.3) is 33.2 Å². The van der Waals surface area contributed by atoms with E-state index in [4.69, 9.17) is 24.2 Å². The lowest BCUT2D eigenvalue weighted by Crippen LogP contribution is -2.59. The average Bonchev–Trinajstić information content (AvgIpc) is 3.26. The molecule has 0 saturated carbocycles. The Morgan fingerprint density at radius 2 is 1.82 bits per heavy atom. The fraction of sp³-hybridized carbons (Fsp3) is 0.467. The van der Waals surface area contributed by atoms with Gasteiger partial charge in [0.15, 0.2) is 12.6 Å². The van der Waals surface area contributed by atoms with Crippen molar-refractivity contribution >= 4 is 33.6 Å². The Kier molecular flexibility index (Phi) is 7.31. The molecule has 0 N–H and O–H groups in total. The minimum Gasteiger partial charge on any atom is -0.466 e. The van der Waals surface area contributed by atoms with Gasteiger partial charge in [-0.3, -0.25) is 9.58 Å². The zero-order valence-corrected chi connectivity index (χ0v) is 24.6. The molecule has 1 amide bonds. The summed E-state index contributed by atoms with van der Waals surface area (Å²) in [6.45, 7) is 13.3. The van der Waals surface area contributed by atoms with E-state index < -0.39 is 5.60 Å². The predicted molar refractivity (Wildman–Crippen MR) is 156 cm³/mol. The molecule has 10 nitrogen and oxygen atoms in total. The maximum Gasteiger partial charge on any atom is 0.410 e. The van der Waals surface area contributed by atoms with E-state index in [0.717, 1.165) is 38.6 Å². The summed E-state index contributed by atoms with van der Waals surface area (Å²) < 4.78 is 18.6. The topological polar surface area (TPSA) is 94.8 Å². The Bertz CT molecular complexity index is 1550. The lowest BCUT2D eigenvalue weighted by atomic mass is 10.0. The highest BCUT2D eigenvalue weighted by Gasteiger charge is 2.35. The molecule has 0 aliphatic carbocycles. The molecule has 40 heavy (non-hydrogen) atoms. The first-order chi connectivity index (χ1) is 18.9. The minimum absolute atomic E-state index is 0.00378. The molecule has 1 aliphatic rings. The molecule has 3 heterocycles. The van der Waals surface area contributed by atoms with Gasteiger partial charge in [0.1, 0.15) is 11.4 Å². The second-order valence-corrected chi connectivity index (χ2v) is 11.6. The first kappa shape index (κ1) is 27.6. The number of piperazine rings is 1. The van der Waals surface area contributed by atoms with Gasteiger partial charge in [0.05, 0.1) is 28.7 Å². The number of rotatable bonds is 5. The van der Waals surface area contributed by atoms with Gasteiger partial charge in [-0.2, -0.15) is 5.10 Å². The quantitative estimate of drug-likeness (QED) is 0.311. The van der Waals surface area contributed by atoms with Crippen molar-refractivity contribution in [3.05, 3.63) is 42.2 Å². The van der Waals surface area contributed by atoms with Crippen LogP contribution >= 0.6 is 0 Å². The van der Waals surface area contributed by atoms with Crippen LogP contribution in [-0.2, 0) is 16.5 Å². The van der Waals surface area contributed by atoms with Gasteiger partial charge in [-0.25, -0.2) is 14.8 Å². The average molecular weight is 547 g/mol. The summed E-state index contributed by atoms with van der Waals surface area (Å²) >= 11 is 0. The van der Waals surface area contributed by atoms with Crippen molar-refractivity contribution in [3.63, 3.8) is 0 Å². The molecule has 5 rings (SSSR count). The van der Waals surface area contributed by atoms with Crippen molar-refractivity contribution in [3.8, 4) is 17.1 Å². The molecule has 0 spiro atoms. The number of amides is 1. The summed E-state index contributed by atoms with van der Waals surface area (Å²) in [5, 5.41) is 6.51. The molecular formula is C30H38N6O4. The van der Waals surface area contributed by atoms with E-state index in [1.807, 2.05) is 64.2 Å². The van der Waals surface area contributed by atoms with Crippen molar-refractivity contribution in [2.24, 2.45) is 7.05 Å². The molecular weight excluding hydrogens is 508 g/mol. The first-order valence-corrected chi connectivity index (χ1v) is 13.6. The number of carbonyl (C=O) groups is 1. The molecule has 2 aromatic carbocycles. The van der Waals surface area contributed by atoms with Crippen LogP contribution in [0.5, 0.6) is 5.75 Å². The summed E-state index contributed by atoms with van der Waals surface area (Å²) in [7, 11) is 3.50. The Morgan fingerprint density at radius 1 is 1.10 bits per heavy atom. The number of benzene rings is 2. The highest BCUT2D eigenvalue weighted by Crippen LogP contribution is 2.37. The minimum atomic E-state index is -0.524. The molecule has 0 radical (unpaired) electrons. The lowest BCUT2D eigenvalue weighted by Gasteiger charge is -2.45. The molecule has 2 atom stereocenters. The molecule has 1 aliphatic heterocycles. The largest absolute Gasteiger partial charge is 0.466 e. The van der Waals surface area contributed by atoms with Gasteiger partial charge in [-0.15, -0.1) is 0 Å². The fourth-order valence-electron chi connectivity index (χ4n) is 5.46. The van der Waals surface area contributed by atoms with E-state index in [1.54, 1.807) is 11.8 Å². The summed E-state index contributed by atoms with van der Waals surface area (Å²) in [6.07, 6.45) is 3.57. The molecule has 1 fully saturated rings. The summed E-state index contributed by atoms with van der Waals surface area (Å²) in [4.78, 5) is 26.6. The first-order valence-electron chi connectivity index (χ1n) is 13.6. The molecule has 0 unspecified atom stereocenters. The van der Waals surface area contributed by atoms with Crippen molar-refractivity contribution in [2.45, 2.75) is 59.2 Å². The highest BCUT2D eigenvalue weighted by atomic mass is 16.7. The molecule has 0 bridgehead atoms. The van der Waals surface area contributed by atoms with Gasteiger partial charge < -0.3 is 19.1 Å². The van der Waals surface area contributed by atoms with Crippen LogP contribution in [0, 0.1) is 6.92 Å². The zero-order chi connectivity index (χ0) is 28.8. The highest BCUT2D eigenvalue weighted by molar-refractivity contribution is 5.91. The number of hydrogen-bond acceptors (Lipinski definition) is 8. The van der Waals surface area contributed by atoms with Crippen molar-refractivity contribution in [2.75, 3.05) is 31.9 Å². The molecule has 212 valence electrons. The van der Waals surface area contributed by atoms with E-state index in [2.05, 4.69) is 36.0 Å². The van der Waals surface area contributed by atoms with Crippen molar-refractivity contribution in [1.82, 2.24) is 24.6 Å². The van der Waals surface area contributed by atoms with E-state index in [1.165, 1.54) is 0 Å². The van der Waals surface area contributed by atoms with Crippen LogP contribution in [0.4, 0.5) is 10.5 Å². The summed E-state index contributed by atoms with van der Waals surface area (Å²) in [5.74, 6) is 1.24. The van der Waals surface area contributed by atoms with E-state index in [0.29, 0.717) is 24.7 Å². The van der Waals surface area contributed by atoms with E-state index >= 15 is 0 Å². The number of ether oxygens (including phenoxy) is 3. The second-order valence-electron chi connectivity index (χ2n) is 11.6. The standard InChI is InChI=1S/C30H38N6O4/c1-18-14-35(15-19(2)36(18)29(37)40-30(4,5)6)23-9-10-25-21(11-23)13-31-28(32-25)24-12-22-16-34(7)33-26(22)20(3)27(24)39-17-38-8/h9-13,16,18-19H,14-15,17H2,1-8H3/t18-,19-/m1/s1. The maximum atomic E-state index is 12.8. The number of fused-ring (bicyclic) bond motifs is 2. The normalized spacial score (nSPS) is 18.0. The zero-order valence-electron chi connectivity index (χ0n) is 24.6. The fourth-order valence-corrected chi connectivity index (χ4v) is 5.46. The number of carbonyl (C=O) groups excluding carboxylic acids is 1. The summed E-state index contributed by atoms with van der Waals surface area (Å²) in [5.41, 5.74) is 3.97. The summed E-state index contributed by atoms with van der Waals surface area (Å²) in [6, 6.07) is 8.24. The van der Waals surface area contributed by atoms with Crippen LogP contribution in [0.1, 0.15) is 40.2 Å². The predicted octanol–water partition coefficient (Wildman–Crippen LogP) is 5.31. The maximum absolute atomic E-state index is 12.8. The number of anilines is 1. The monoisotopic (exact) mass is 546 g/mol. The van der Waals surface area contributed by atoms with E-state index in [9.17, 15) is 4.79 Å². The smallest absolute Gasteiger partial charge is 0.410 e. The van der Waals surface area contributed by atoms with Crippen LogP contribution in [0.3, 0.4) is 0 Å². The van der Waals surface area contributed by atoms with Gasteiger partial charge in [-0.1, -0.05) is 0 Å². The van der Waals surface area contributed by atoms with Gasteiger partial charge in [0, 0.05) is 61.7 Å². The molecule has 1 saturated heterocycles. The van der Waals surface area contributed by atoms with Crippen LogP contribution in [0.15, 0.2) is 36.7 Å². The SMILES string of the molecule is COCOc1c(-c2ncc3cc(N4C[C@@H](C)N(C(=O)OC(C)(C)C)[C@H](C)C4)ccc3n2)cc2cn(C)nc2c1C. The number of aromatic nitrogens is 4. The third kappa shape index (κ3) is 5.40. The third-order valence-electron chi connectivity index (χ3n) is 7.11. The second kappa shape index (κ2) is 10.6. The van der Waals surface area contributed by atoms with Gasteiger partial charge >= 0.3 is 6.09 Å². The Labute approximate surface area is 234 Å². The number of methoxy groups -OCH3 is 1. The van der Waals surface area contributed by atoms with Crippen LogP contribution in [-0.4, -0.2) is 75.4 Å². The number of hydrogen-bond donors (Lipinski definition) is 0. The van der Waals surface area contributed by atoms with E-state index in [-0.39, 0.29) is 25.0 Å². The molecule has 4 aromatic rings. The number of nitrogens with zero attached hydrogens (tertiary/aromatic N) is 6. The van der Waals surface area contributed by atoms with Crippen molar-refractivity contribution in [1.29, 1.82) is 0 Å². The van der Waals surface area contributed by atoms with Crippen molar-refractivity contribution < 1.29 is 19.0 Å². The van der Waals surface area contributed by atoms with Gasteiger partial charge in [0.25, 0.3) is 0 Å². The van der Waals surface area contributed by atoms with Crippen LogP contribution < -0.4 is 9.64 Å². The van der Waals surface area contributed by atoms with Gasteiger partial charge in [0.2, 0.25) is 0 Å². The molecule has 10 heteroatoms. The third-order valence-corrected chi connectivity index (χ3v) is 7.11.